The Bertz CT molecular complexity index is 479. The van der Waals surface area contributed by atoms with Crippen molar-refractivity contribution in [3.05, 3.63) is 18.0 Å². The normalized spacial score (nSPS) is 17.7. The fraction of sp³-hybridized carbons (Fsp3) is 0.643. The third kappa shape index (κ3) is 4.45. The second-order valence-corrected chi connectivity index (χ2v) is 6.55. The summed E-state index contributed by atoms with van der Waals surface area (Å²) in [6.45, 7) is 3.72. The number of carbonyl (C=O) groups is 1. The van der Waals surface area contributed by atoms with Gasteiger partial charge in [-0.2, -0.15) is 0 Å². The molecule has 2 N–H and O–H groups in total. The maximum atomic E-state index is 11.4. The van der Waals surface area contributed by atoms with Crippen molar-refractivity contribution >= 4 is 17.7 Å². The third-order valence-electron chi connectivity index (χ3n) is 3.40. The van der Waals surface area contributed by atoms with Gasteiger partial charge in [-0.1, -0.05) is 11.8 Å². The Morgan fingerprint density at radius 2 is 2.35 bits per heavy atom. The van der Waals surface area contributed by atoms with Crippen LogP contribution in [0.15, 0.2) is 17.4 Å². The minimum Gasteiger partial charge on any atom is -0.480 e. The van der Waals surface area contributed by atoms with Crippen LogP contribution in [0.5, 0.6) is 0 Å². The molecule has 1 unspecified atom stereocenters. The Hall–Kier alpha value is -1.14. The van der Waals surface area contributed by atoms with Crippen LogP contribution in [0.25, 0.3) is 0 Å². The highest BCUT2D eigenvalue weighted by Gasteiger charge is 2.37. The van der Waals surface area contributed by atoms with Gasteiger partial charge < -0.3 is 5.11 Å². The van der Waals surface area contributed by atoms with Crippen molar-refractivity contribution in [2.24, 2.45) is 0 Å². The van der Waals surface area contributed by atoms with E-state index in [-0.39, 0.29) is 0 Å². The molecule has 1 aromatic rings. The number of thioether (sulfide) groups is 1. The van der Waals surface area contributed by atoms with Crippen LogP contribution in [0, 0.1) is 6.92 Å². The van der Waals surface area contributed by atoms with Crippen molar-refractivity contribution in [2.75, 3.05) is 5.75 Å². The van der Waals surface area contributed by atoms with Gasteiger partial charge in [0.15, 0.2) is 5.16 Å². The molecule has 1 saturated carbocycles. The molecule has 2 rings (SSSR count). The van der Waals surface area contributed by atoms with Crippen LogP contribution in [-0.4, -0.2) is 38.4 Å². The quantitative estimate of drug-likeness (QED) is 0.435. The van der Waals surface area contributed by atoms with Gasteiger partial charge in [0.2, 0.25) is 0 Å². The number of carboxylic acids is 1. The van der Waals surface area contributed by atoms with Crippen molar-refractivity contribution in [3.63, 3.8) is 0 Å². The minimum atomic E-state index is -0.810. The first-order valence-electron chi connectivity index (χ1n) is 6.93. The number of nitrogens with one attached hydrogen (secondary N) is 1. The van der Waals surface area contributed by atoms with E-state index in [1.165, 1.54) is 0 Å². The Balaban J connectivity index is 1.77. The zero-order valence-corrected chi connectivity index (χ0v) is 12.7. The van der Waals surface area contributed by atoms with Gasteiger partial charge in [0.1, 0.15) is 5.54 Å². The molecule has 6 heteroatoms. The molecule has 0 aromatic carbocycles. The fourth-order valence-electron chi connectivity index (χ4n) is 2.00. The largest absolute Gasteiger partial charge is 0.480 e. The maximum Gasteiger partial charge on any atom is 0.323 e. The maximum absolute atomic E-state index is 11.4. The molecule has 0 spiro atoms. The molecule has 0 saturated heterocycles. The topological polar surface area (TPSA) is 75.1 Å². The van der Waals surface area contributed by atoms with Crippen molar-refractivity contribution in [1.82, 2.24) is 15.3 Å². The average molecular weight is 295 g/mol. The molecule has 0 bridgehead atoms. The monoisotopic (exact) mass is 295 g/mol. The molecule has 1 aliphatic rings. The Morgan fingerprint density at radius 1 is 1.60 bits per heavy atom. The molecule has 110 valence electrons. The van der Waals surface area contributed by atoms with Crippen molar-refractivity contribution < 1.29 is 9.90 Å². The summed E-state index contributed by atoms with van der Waals surface area (Å²) in [5.74, 6) is 0.0692. The highest BCUT2D eigenvalue weighted by Crippen LogP contribution is 2.26. The van der Waals surface area contributed by atoms with Gasteiger partial charge in [-0.05, 0) is 45.6 Å². The number of aliphatic carboxylic acids is 1. The van der Waals surface area contributed by atoms with Gasteiger partial charge in [-0.15, -0.1) is 0 Å². The second-order valence-electron chi connectivity index (χ2n) is 5.49. The van der Waals surface area contributed by atoms with E-state index in [1.807, 2.05) is 13.0 Å². The van der Waals surface area contributed by atoms with E-state index in [0.717, 1.165) is 35.9 Å². The Morgan fingerprint density at radius 3 is 2.95 bits per heavy atom. The van der Waals surface area contributed by atoms with Crippen LogP contribution in [0.4, 0.5) is 0 Å². The van der Waals surface area contributed by atoms with Crippen LogP contribution in [-0.2, 0) is 4.79 Å². The van der Waals surface area contributed by atoms with E-state index in [9.17, 15) is 9.90 Å². The predicted molar refractivity (Wildman–Crippen MR) is 78.9 cm³/mol. The number of rotatable bonds is 8. The zero-order valence-electron chi connectivity index (χ0n) is 11.9. The van der Waals surface area contributed by atoms with Crippen LogP contribution in [0.2, 0.25) is 0 Å². The lowest BCUT2D eigenvalue weighted by Crippen LogP contribution is -2.50. The summed E-state index contributed by atoms with van der Waals surface area (Å²) in [5, 5.41) is 13.4. The van der Waals surface area contributed by atoms with Gasteiger partial charge in [0, 0.05) is 23.7 Å². The summed E-state index contributed by atoms with van der Waals surface area (Å²) >= 11 is 1.58. The van der Waals surface area contributed by atoms with Gasteiger partial charge in [0.05, 0.1) is 0 Å². The smallest absolute Gasteiger partial charge is 0.323 e. The SMILES string of the molecule is Cc1ccnc(SCCCC(C)(NC2CC2)C(=O)O)n1. The molecule has 1 aromatic heterocycles. The molecule has 5 nitrogen and oxygen atoms in total. The van der Waals surface area contributed by atoms with E-state index >= 15 is 0 Å². The lowest BCUT2D eigenvalue weighted by atomic mass is 9.96. The summed E-state index contributed by atoms with van der Waals surface area (Å²) < 4.78 is 0. The molecule has 1 aliphatic carbocycles. The van der Waals surface area contributed by atoms with E-state index in [0.29, 0.717) is 12.5 Å². The second kappa shape index (κ2) is 6.54. The summed E-state index contributed by atoms with van der Waals surface area (Å²) in [4.78, 5) is 19.9. The van der Waals surface area contributed by atoms with Crippen LogP contribution in [0.3, 0.4) is 0 Å². The molecule has 1 atom stereocenters. The molecule has 1 fully saturated rings. The average Bonchev–Trinajstić information content (AvgIpc) is 3.18. The number of carboxylic acid groups (broad SMARTS) is 1. The molecule has 0 aliphatic heterocycles. The Labute approximate surface area is 123 Å². The van der Waals surface area contributed by atoms with E-state index in [4.69, 9.17) is 0 Å². The molecular weight excluding hydrogens is 274 g/mol. The molecular formula is C14H21N3O2S. The first-order chi connectivity index (χ1) is 9.49. The van der Waals surface area contributed by atoms with Crippen LogP contribution in [0.1, 0.15) is 38.3 Å². The van der Waals surface area contributed by atoms with E-state index in [1.54, 1.807) is 24.9 Å². The predicted octanol–water partition coefficient (Wildman–Crippen LogP) is 2.25. The highest BCUT2D eigenvalue weighted by molar-refractivity contribution is 7.99. The zero-order chi connectivity index (χ0) is 14.6. The first-order valence-corrected chi connectivity index (χ1v) is 7.92. The molecule has 20 heavy (non-hydrogen) atoms. The van der Waals surface area contributed by atoms with Crippen molar-refractivity contribution in [2.45, 2.75) is 56.3 Å². The minimum absolute atomic E-state index is 0.392. The number of hydrogen-bond acceptors (Lipinski definition) is 5. The van der Waals surface area contributed by atoms with Gasteiger partial charge in [-0.3, -0.25) is 10.1 Å². The van der Waals surface area contributed by atoms with Gasteiger partial charge >= 0.3 is 5.97 Å². The summed E-state index contributed by atoms with van der Waals surface area (Å²) in [7, 11) is 0. The van der Waals surface area contributed by atoms with Crippen molar-refractivity contribution in [3.8, 4) is 0 Å². The lowest BCUT2D eigenvalue weighted by molar-refractivity contribution is -0.144. The molecule has 0 amide bonds. The van der Waals surface area contributed by atoms with E-state index in [2.05, 4.69) is 15.3 Å². The molecule has 1 heterocycles. The number of aryl methyl sites for hydroxylation is 1. The van der Waals surface area contributed by atoms with Gasteiger partial charge in [0.25, 0.3) is 0 Å². The lowest BCUT2D eigenvalue weighted by Gasteiger charge is -2.26. The summed E-state index contributed by atoms with van der Waals surface area (Å²) in [5.41, 5.74) is 0.142. The van der Waals surface area contributed by atoms with Crippen LogP contribution < -0.4 is 5.32 Å². The third-order valence-corrected chi connectivity index (χ3v) is 4.34. The fourth-order valence-corrected chi connectivity index (χ4v) is 2.82. The van der Waals surface area contributed by atoms with Gasteiger partial charge in [-0.25, -0.2) is 9.97 Å². The number of nitrogens with zero attached hydrogens (tertiary/aromatic N) is 2. The van der Waals surface area contributed by atoms with E-state index < -0.39 is 11.5 Å². The highest BCUT2D eigenvalue weighted by atomic mass is 32.2. The summed E-state index contributed by atoms with van der Waals surface area (Å²) in [6, 6.07) is 2.26. The Kier molecular flexibility index (Phi) is 4.99. The summed E-state index contributed by atoms with van der Waals surface area (Å²) in [6.07, 6.45) is 5.38. The molecule has 0 radical (unpaired) electrons. The number of hydrogen-bond donors (Lipinski definition) is 2. The number of aromatic nitrogens is 2. The van der Waals surface area contributed by atoms with Crippen LogP contribution >= 0.6 is 11.8 Å². The standard InChI is InChI=1S/C14H21N3O2S/c1-10-6-8-15-13(16-10)20-9-3-7-14(2,12(18)19)17-11-4-5-11/h6,8,11,17H,3-5,7,9H2,1-2H3,(H,18,19). The van der Waals surface area contributed by atoms with Crippen molar-refractivity contribution in [1.29, 1.82) is 0 Å². The first kappa shape index (κ1) is 15.3.